The average Bonchev–Trinajstić information content (AvgIpc) is 2.64. The number of rotatable bonds is 4. The molecule has 1 aliphatic heterocycles. The summed E-state index contributed by atoms with van der Waals surface area (Å²) in [5, 5.41) is 11.5. The van der Waals surface area contributed by atoms with Crippen LogP contribution >= 0.6 is 11.8 Å². The lowest BCUT2D eigenvalue weighted by molar-refractivity contribution is -0.387. The average molecular weight is 374 g/mol. The number of carbonyl (C=O) groups is 1. The second kappa shape index (κ2) is 7.86. The van der Waals surface area contributed by atoms with Gasteiger partial charge in [-0.2, -0.15) is 0 Å². The Hall–Kier alpha value is -2.41. The SMILES string of the molecule is CC1CCN(C(=O)c2ccc(Sc3ccc(F)cc3)c([N+](=O)[O-])c2)CC1. The van der Waals surface area contributed by atoms with Crippen LogP contribution in [0, 0.1) is 21.8 Å². The first kappa shape index (κ1) is 18.4. The Morgan fingerprint density at radius 2 is 1.85 bits per heavy atom. The van der Waals surface area contributed by atoms with E-state index in [-0.39, 0.29) is 17.4 Å². The highest BCUT2D eigenvalue weighted by Crippen LogP contribution is 2.35. The van der Waals surface area contributed by atoms with Gasteiger partial charge < -0.3 is 4.90 Å². The van der Waals surface area contributed by atoms with Crippen LogP contribution in [0.5, 0.6) is 0 Å². The van der Waals surface area contributed by atoms with E-state index in [4.69, 9.17) is 0 Å². The molecule has 2 aromatic carbocycles. The quantitative estimate of drug-likeness (QED) is 0.572. The van der Waals surface area contributed by atoms with E-state index in [1.165, 1.54) is 30.0 Å². The maximum absolute atomic E-state index is 13.0. The predicted octanol–water partition coefficient (Wildman–Crippen LogP) is 4.76. The lowest BCUT2D eigenvalue weighted by atomic mass is 9.98. The summed E-state index contributed by atoms with van der Waals surface area (Å²) in [6.45, 7) is 3.52. The molecule has 0 radical (unpaired) electrons. The highest BCUT2D eigenvalue weighted by molar-refractivity contribution is 7.99. The number of amides is 1. The summed E-state index contributed by atoms with van der Waals surface area (Å²) in [6, 6.07) is 10.3. The van der Waals surface area contributed by atoms with Crippen molar-refractivity contribution in [2.75, 3.05) is 13.1 Å². The molecule has 3 rings (SSSR count). The van der Waals surface area contributed by atoms with Gasteiger partial charge in [-0.25, -0.2) is 4.39 Å². The van der Waals surface area contributed by atoms with Crippen LogP contribution in [-0.4, -0.2) is 28.8 Å². The fraction of sp³-hybridized carbons (Fsp3) is 0.316. The molecule has 7 heteroatoms. The summed E-state index contributed by atoms with van der Waals surface area (Å²) in [5.74, 6) is 0.0712. The second-order valence-corrected chi connectivity index (χ2v) is 7.59. The monoisotopic (exact) mass is 374 g/mol. The maximum atomic E-state index is 13.0. The minimum absolute atomic E-state index is 0.115. The van der Waals surface area contributed by atoms with Crippen molar-refractivity contribution in [3.63, 3.8) is 0 Å². The molecule has 0 atom stereocenters. The fourth-order valence-electron chi connectivity index (χ4n) is 2.90. The van der Waals surface area contributed by atoms with Gasteiger partial charge in [0.05, 0.1) is 9.82 Å². The first-order valence-corrected chi connectivity index (χ1v) is 9.27. The van der Waals surface area contributed by atoms with Crippen LogP contribution in [0.1, 0.15) is 30.1 Å². The van der Waals surface area contributed by atoms with E-state index >= 15 is 0 Å². The Morgan fingerprint density at radius 1 is 1.19 bits per heavy atom. The van der Waals surface area contributed by atoms with E-state index in [0.29, 0.717) is 34.4 Å². The zero-order chi connectivity index (χ0) is 18.7. The van der Waals surface area contributed by atoms with E-state index in [1.54, 1.807) is 29.2 Å². The molecule has 26 heavy (non-hydrogen) atoms. The molecule has 2 aromatic rings. The minimum atomic E-state index is -0.485. The van der Waals surface area contributed by atoms with Crippen molar-refractivity contribution in [1.82, 2.24) is 4.90 Å². The first-order valence-electron chi connectivity index (χ1n) is 8.45. The topological polar surface area (TPSA) is 63.5 Å². The zero-order valence-corrected chi connectivity index (χ0v) is 15.2. The fourth-order valence-corrected chi connectivity index (χ4v) is 3.80. The lowest BCUT2D eigenvalue weighted by Crippen LogP contribution is -2.37. The normalized spacial score (nSPS) is 15.1. The van der Waals surface area contributed by atoms with Crippen LogP contribution in [0.15, 0.2) is 52.3 Å². The van der Waals surface area contributed by atoms with Crippen molar-refractivity contribution in [1.29, 1.82) is 0 Å². The van der Waals surface area contributed by atoms with Gasteiger partial charge in [-0.05, 0) is 55.2 Å². The summed E-state index contributed by atoms with van der Waals surface area (Å²) in [6.07, 6.45) is 1.90. The van der Waals surface area contributed by atoms with Gasteiger partial charge in [-0.1, -0.05) is 18.7 Å². The molecule has 0 spiro atoms. The lowest BCUT2D eigenvalue weighted by Gasteiger charge is -2.30. The van der Waals surface area contributed by atoms with E-state index in [0.717, 1.165) is 12.8 Å². The van der Waals surface area contributed by atoms with Crippen molar-refractivity contribution in [3.8, 4) is 0 Å². The Morgan fingerprint density at radius 3 is 2.46 bits per heavy atom. The zero-order valence-electron chi connectivity index (χ0n) is 14.4. The summed E-state index contributed by atoms with van der Waals surface area (Å²) in [5.41, 5.74) is 0.213. The van der Waals surface area contributed by atoms with Crippen molar-refractivity contribution < 1.29 is 14.1 Å². The first-order chi connectivity index (χ1) is 12.4. The van der Waals surface area contributed by atoms with E-state index in [2.05, 4.69) is 6.92 Å². The number of nitro benzene ring substituents is 1. The van der Waals surface area contributed by atoms with Crippen LogP contribution in [0.25, 0.3) is 0 Å². The van der Waals surface area contributed by atoms with Crippen LogP contribution in [-0.2, 0) is 0 Å². The molecule has 5 nitrogen and oxygen atoms in total. The minimum Gasteiger partial charge on any atom is -0.339 e. The van der Waals surface area contributed by atoms with Gasteiger partial charge in [0.2, 0.25) is 0 Å². The number of hydrogen-bond donors (Lipinski definition) is 0. The third kappa shape index (κ3) is 4.22. The number of nitro groups is 1. The van der Waals surface area contributed by atoms with Gasteiger partial charge in [0.1, 0.15) is 5.82 Å². The maximum Gasteiger partial charge on any atom is 0.284 e. The molecule has 1 amide bonds. The second-order valence-electron chi connectivity index (χ2n) is 6.47. The van der Waals surface area contributed by atoms with Crippen LogP contribution in [0.2, 0.25) is 0 Å². The number of piperidine rings is 1. The van der Waals surface area contributed by atoms with E-state index in [1.807, 2.05) is 0 Å². The predicted molar refractivity (Wildman–Crippen MR) is 97.9 cm³/mol. The Balaban J connectivity index is 1.83. The summed E-state index contributed by atoms with van der Waals surface area (Å²) in [4.78, 5) is 26.5. The smallest absolute Gasteiger partial charge is 0.284 e. The van der Waals surface area contributed by atoms with Gasteiger partial charge >= 0.3 is 0 Å². The van der Waals surface area contributed by atoms with Crippen LogP contribution < -0.4 is 0 Å². The largest absolute Gasteiger partial charge is 0.339 e. The van der Waals surface area contributed by atoms with Gasteiger partial charge in [0.15, 0.2) is 0 Å². The van der Waals surface area contributed by atoms with Crippen molar-refractivity contribution >= 4 is 23.4 Å². The Bertz CT molecular complexity index is 818. The number of likely N-dealkylation sites (tertiary alicyclic amines) is 1. The molecule has 1 saturated heterocycles. The number of benzene rings is 2. The third-order valence-electron chi connectivity index (χ3n) is 4.51. The molecule has 0 unspecified atom stereocenters. The van der Waals surface area contributed by atoms with E-state index in [9.17, 15) is 19.3 Å². The van der Waals surface area contributed by atoms with Gasteiger partial charge in [0.25, 0.3) is 11.6 Å². The van der Waals surface area contributed by atoms with Gasteiger partial charge in [0, 0.05) is 29.6 Å². The molecule has 0 aromatic heterocycles. The molecular formula is C19H19FN2O3S. The molecule has 1 fully saturated rings. The molecule has 1 aliphatic rings. The molecule has 0 aliphatic carbocycles. The highest BCUT2D eigenvalue weighted by Gasteiger charge is 2.24. The molecule has 136 valence electrons. The van der Waals surface area contributed by atoms with Gasteiger partial charge in [-0.15, -0.1) is 0 Å². The van der Waals surface area contributed by atoms with Gasteiger partial charge in [-0.3, -0.25) is 14.9 Å². The van der Waals surface area contributed by atoms with Crippen LogP contribution in [0.3, 0.4) is 0 Å². The van der Waals surface area contributed by atoms with Crippen molar-refractivity contribution in [2.45, 2.75) is 29.6 Å². The molecule has 0 N–H and O–H groups in total. The molecule has 0 bridgehead atoms. The number of hydrogen-bond acceptors (Lipinski definition) is 4. The third-order valence-corrected chi connectivity index (χ3v) is 5.59. The van der Waals surface area contributed by atoms with Crippen molar-refractivity contribution in [3.05, 3.63) is 64.0 Å². The number of halogens is 1. The summed E-state index contributed by atoms with van der Waals surface area (Å²) in [7, 11) is 0. The van der Waals surface area contributed by atoms with E-state index < -0.39 is 4.92 Å². The van der Waals surface area contributed by atoms with Crippen molar-refractivity contribution in [2.24, 2.45) is 5.92 Å². The Labute approximate surface area is 155 Å². The number of nitrogens with zero attached hydrogens (tertiary/aromatic N) is 2. The molecule has 0 saturated carbocycles. The van der Waals surface area contributed by atoms with Crippen LogP contribution in [0.4, 0.5) is 10.1 Å². The standard InChI is InChI=1S/C19H19FN2O3S/c1-13-8-10-21(11-9-13)19(23)14-2-7-18(17(12-14)22(24)25)26-16-5-3-15(20)4-6-16/h2-7,12-13H,8-11H2,1H3. The summed E-state index contributed by atoms with van der Waals surface area (Å²) < 4.78 is 13.0. The highest BCUT2D eigenvalue weighted by atomic mass is 32.2. The molecular weight excluding hydrogens is 355 g/mol. The summed E-state index contributed by atoms with van der Waals surface area (Å²) >= 11 is 1.17. The Kier molecular flexibility index (Phi) is 5.56. The number of carbonyl (C=O) groups excluding carboxylic acids is 1. The molecule has 1 heterocycles.